The summed E-state index contributed by atoms with van der Waals surface area (Å²) in [5, 5.41) is 0.672. The number of nitrogens with zero attached hydrogens (tertiary/aromatic N) is 1. The molecule has 0 unspecified atom stereocenters. The van der Waals surface area contributed by atoms with Crippen molar-refractivity contribution >= 4 is 25.1 Å². The summed E-state index contributed by atoms with van der Waals surface area (Å²) in [6.45, 7) is 0. The average molecular weight is 259 g/mol. The molecule has 0 aliphatic carbocycles. The maximum atomic E-state index is 10.9. The molecule has 1 heterocycles. The molecule has 0 spiro atoms. The molecule has 6 nitrogen and oxygen atoms in total. The van der Waals surface area contributed by atoms with E-state index in [9.17, 15) is 26.9 Å². The van der Waals surface area contributed by atoms with Crippen LogP contribution < -0.4 is 10.7 Å². The molecule has 1 aliphatic rings. The zero-order chi connectivity index (χ0) is 13.6. The van der Waals surface area contributed by atoms with Crippen LogP contribution in [0.25, 0.3) is 0 Å². The van der Waals surface area contributed by atoms with Crippen molar-refractivity contribution in [3.8, 4) is 0 Å². The Hall–Kier alpha value is -1.81. The van der Waals surface area contributed by atoms with Crippen molar-refractivity contribution in [2.45, 2.75) is 12.8 Å². The molecule has 1 rings (SSSR count). The molecule has 0 aromatic carbocycles. The van der Waals surface area contributed by atoms with E-state index < -0.39 is 7.25 Å². The van der Waals surface area contributed by atoms with E-state index in [-0.39, 0.29) is 30.7 Å². The van der Waals surface area contributed by atoms with Gasteiger partial charge in [0.1, 0.15) is 0 Å². The summed E-state index contributed by atoms with van der Waals surface area (Å²) in [6.07, 6.45) is 0.381. The van der Waals surface area contributed by atoms with Crippen LogP contribution in [0, 0.1) is 0 Å². The van der Waals surface area contributed by atoms with Gasteiger partial charge in [0.2, 0.25) is 0 Å². The van der Waals surface area contributed by atoms with Gasteiger partial charge in [-0.3, -0.25) is 20.2 Å². The van der Waals surface area contributed by atoms with Crippen LogP contribution in [0.2, 0.25) is 0 Å². The Balaban J connectivity index is 0.000000437. The van der Waals surface area contributed by atoms with Gasteiger partial charge in [-0.1, -0.05) is 5.06 Å². The molecule has 0 saturated carbocycles. The first kappa shape index (κ1) is 15.2. The van der Waals surface area contributed by atoms with E-state index in [1.165, 1.54) is 7.05 Å². The van der Waals surface area contributed by atoms with E-state index >= 15 is 0 Å². The summed E-state index contributed by atoms with van der Waals surface area (Å²) in [5.74, 6) is -0.726. The number of nitrogens with two attached hydrogens (primary N) is 1. The van der Waals surface area contributed by atoms with Gasteiger partial charge in [-0.25, -0.2) is 4.99 Å². The van der Waals surface area contributed by atoms with Crippen molar-refractivity contribution in [2.75, 3.05) is 7.05 Å². The molecular weight excluding hydrogens is 249 g/mol. The third-order valence-corrected chi connectivity index (χ3v) is 1.44. The SMILES string of the molecule is C/[NH+]=C(/N)ON1C(=O)CCC1=O.F[B-](F)(F)F. The Kier molecular flexibility index (Phi) is 5.42. The van der Waals surface area contributed by atoms with E-state index in [2.05, 4.69) is 4.99 Å². The number of imide groups is 1. The van der Waals surface area contributed by atoms with Crippen LogP contribution >= 0.6 is 0 Å². The molecule has 98 valence electrons. The molecule has 1 saturated heterocycles. The number of carbonyl (C=O) groups excluding carboxylic acids is 2. The van der Waals surface area contributed by atoms with Gasteiger partial charge in [-0.05, 0) is 0 Å². The van der Waals surface area contributed by atoms with Gasteiger partial charge in [-0.2, -0.15) is 0 Å². The Morgan fingerprint density at radius 1 is 1.29 bits per heavy atom. The van der Waals surface area contributed by atoms with Crippen molar-refractivity contribution in [3.05, 3.63) is 0 Å². The Morgan fingerprint density at radius 3 is 1.94 bits per heavy atom. The number of hydrogen-bond acceptors (Lipinski definition) is 3. The molecule has 0 radical (unpaired) electrons. The van der Waals surface area contributed by atoms with E-state index in [1.54, 1.807) is 0 Å². The maximum Gasteiger partial charge on any atom is 0.673 e. The predicted octanol–water partition coefficient (Wildman–Crippen LogP) is -1.61. The lowest BCUT2D eigenvalue weighted by atomic mass is 10.3. The van der Waals surface area contributed by atoms with E-state index in [1.807, 2.05) is 0 Å². The lowest BCUT2D eigenvalue weighted by Gasteiger charge is -2.08. The molecule has 0 atom stereocenters. The largest absolute Gasteiger partial charge is 0.673 e. The number of hydrogen-bond donors (Lipinski definition) is 2. The lowest BCUT2D eigenvalue weighted by Crippen LogP contribution is -2.72. The minimum Gasteiger partial charge on any atom is -0.418 e. The number of amides is 2. The first-order valence-electron chi connectivity index (χ1n) is 4.36. The summed E-state index contributed by atoms with van der Waals surface area (Å²) >= 11 is 0. The number of amidine groups is 1. The van der Waals surface area contributed by atoms with Crippen LogP contribution in [-0.2, 0) is 14.4 Å². The number of carbonyl (C=O) groups is 2. The molecular formula is C6H10BF4N3O3. The van der Waals surface area contributed by atoms with Crippen LogP contribution in [0.4, 0.5) is 17.3 Å². The lowest BCUT2D eigenvalue weighted by molar-refractivity contribution is -0.437. The molecule has 0 aromatic heterocycles. The van der Waals surface area contributed by atoms with E-state index in [0.29, 0.717) is 5.06 Å². The Morgan fingerprint density at radius 2 is 1.65 bits per heavy atom. The molecule has 0 bridgehead atoms. The first-order valence-corrected chi connectivity index (χ1v) is 4.36. The van der Waals surface area contributed by atoms with Crippen LogP contribution in [0.1, 0.15) is 12.8 Å². The number of nitrogens with one attached hydrogen (secondary N) is 1. The second-order valence-corrected chi connectivity index (χ2v) is 2.78. The minimum atomic E-state index is -6.00. The van der Waals surface area contributed by atoms with Gasteiger partial charge < -0.3 is 17.3 Å². The summed E-state index contributed by atoms with van der Waals surface area (Å²) in [5.41, 5.74) is 5.21. The Bertz CT molecular complexity index is 311. The molecule has 11 heteroatoms. The van der Waals surface area contributed by atoms with Crippen molar-refractivity contribution in [2.24, 2.45) is 5.73 Å². The zero-order valence-corrected chi connectivity index (χ0v) is 8.75. The fourth-order valence-electron chi connectivity index (χ4n) is 0.802. The highest BCUT2D eigenvalue weighted by Gasteiger charge is 2.32. The third kappa shape index (κ3) is 7.14. The van der Waals surface area contributed by atoms with Crippen LogP contribution in [-0.4, -0.2) is 37.2 Å². The summed E-state index contributed by atoms with van der Waals surface area (Å²) < 4.78 is 39.0. The average Bonchev–Trinajstić information content (AvgIpc) is 2.46. The molecule has 3 N–H and O–H groups in total. The Labute approximate surface area is 93.5 Å². The molecule has 2 amide bonds. The van der Waals surface area contributed by atoms with E-state index in [0.717, 1.165) is 0 Å². The monoisotopic (exact) mass is 259 g/mol. The quantitative estimate of drug-likeness (QED) is 0.195. The highest BCUT2D eigenvalue weighted by atomic mass is 19.5. The standard InChI is InChI=1S/C6H9N3O3.BF4/c1-8-6(7)12-9-4(10)2-3-5(9)11;2-1(3,4)5/h2-3H2,1H3,(H2,7,8);/q;-1/p+1. The van der Waals surface area contributed by atoms with Gasteiger partial charge in [-0.15, -0.1) is 0 Å². The van der Waals surface area contributed by atoms with Crippen molar-refractivity contribution in [1.29, 1.82) is 0 Å². The van der Waals surface area contributed by atoms with Gasteiger partial charge in [0.25, 0.3) is 11.8 Å². The third-order valence-electron chi connectivity index (χ3n) is 1.44. The van der Waals surface area contributed by atoms with Gasteiger partial charge in [0.05, 0.1) is 7.05 Å². The van der Waals surface area contributed by atoms with Crippen LogP contribution in [0.3, 0.4) is 0 Å². The van der Waals surface area contributed by atoms with Crippen molar-refractivity contribution in [1.82, 2.24) is 5.06 Å². The minimum absolute atomic E-state index is 0.0707. The van der Waals surface area contributed by atoms with Gasteiger partial charge >= 0.3 is 13.3 Å². The van der Waals surface area contributed by atoms with Crippen molar-refractivity contribution in [3.63, 3.8) is 0 Å². The maximum absolute atomic E-state index is 10.9. The summed E-state index contributed by atoms with van der Waals surface area (Å²) in [6, 6.07) is -0.0707. The van der Waals surface area contributed by atoms with Crippen molar-refractivity contribution < 1.29 is 36.7 Å². The summed E-state index contributed by atoms with van der Waals surface area (Å²) in [7, 11) is -4.47. The first-order chi connectivity index (χ1) is 7.65. The smallest absolute Gasteiger partial charge is 0.418 e. The second kappa shape index (κ2) is 6.06. The number of hydroxylamine groups is 2. The molecule has 1 aliphatic heterocycles. The highest BCUT2D eigenvalue weighted by molar-refractivity contribution is 6.50. The fourth-order valence-corrected chi connectivity index (χ4v) is 0.802. The van der Waals surface area contributed by atoms with E-state index in [4.69, 9.17) is 10.6 Å². The highest BCUT2D eigenvalue weighted by Crippen LogP contribution is 2.10. The summed E-state index contributed by atoms with van der Waals surface area (Å²) in [4.78, 5) is 29.0. The van der Waals surface area contributed by atoms with Crippen LogP contribution in [0.5, 0.6) is 0 Å². The molecule has 17 heavy (non-hydrogen) atoms. The number of rotatable bonds is 1. The zero-order valence-electron chi connectivity index (χ0n) is 8.75. The predicted molar refractivity (Wildman–Crippen MR) is 48.4 cm³/mol. The van der Waals surface area contributed by atoms with Gasteiger partial charge in [0, 0.05) is 12.8 Å². The number of halogens is 4. The topological polar surface area (TPSA) is 86.6 Å². The fraction of sp³-hybridized carbons (Fsp3) is 0.500. The second-order valence-electron chi connectivity index (χ2n) is 2.78. The van der Waals surface area contributed by atoms with Gasteiger partial charge in [0.15, 0.2) is 0 Å². The molecule has 1 fully saturated rings. The molecule has 0 aromatic rings. The van der Waals surface area contributed by atoms with Crippen LogP contribution in [0.15, 0.2) is 0 Å². The normalized spacial score (nSPS) is 16.8.